The predicted molar refractivity (Wildman–Crippen MR) is 84.0 cm³/mol. The Morgan fingerprint density at radius 1 is 1.09 bits per heavy atom. The van der Waals surface area contributed by atoms with E-state index in [4.69, 9.17) is 27.9 Å². The summed E-state index contributed by atoms with van der Waals surface area (Å²) in [5.41, 5.74) is 4.69. The van der Waals surface area contributed by atoms with Crippen molar-refractivity contribution in [3.05, 3.63) is 63.9 Å². The number of rotatable bonds is 4. The molecular formula is C15H11Cl2FN2O3. The van der Waals surface area contributed by atoms with Gasteiger partial charge in [-0.05, 0) is 36.4 Å². The summed E-state index contributed by atoms with van der Waals surface area (Å²) in [5, 5.41) is 0.444. The second kappa shape index (κ2) is 7.80. The van der Waals surface area contributed by atoms with E-state index in [1.165, 1.54) is 12.1 Å². The van der Waals surface area contributed by atoms with Crippen LogP contribution in [0.5, 0.6) is 5.75 Å². The molecule has 5 nitrogen and oxygen atoms in total. The van der Waals surface area contributed by atoms with Crippen molar-refractivity contribution in [2.75, 3.05) is 6.61 Å². The lowest BCUT2D eigenvalue weighted by molar-refractivity contribution is -0.123. The summed E-state index contributed by atoms with van der Waals surface area (Å²) in [7, 11) is 0. The van der Waals surface area contributed by atoms with Gasteiger partial charge in [-0.3, -0.25) is 20.4 Å². The van der Waals surface area contributed by atoms with Crippen LogP contribution in [-0.4, -0.2) is 18.4 Å². The molecule has 0 fully saturated rings. The SMILES string of the molecule is O=C(COc1ccc(F)cc1Cl)NNC(=O)c1cccc(Cl)c1. The molecule has 0 aliphatic rings. The van der Waals surface area contributed by atoms with Crippen LogP contribution in [0, 0.1) is 5.82 Å². The second-order valence-corrected chi connectivity index (χ2v) is 5.22. The summed E-state index contributed by atoms with van der Waals surface area (Å²) in [5.74, 6) is -1.49. The van der Waals surface area contributed by atoms with E-state index in [9.17, 15) is 14.0 Å². The van der Waals surface area contributed by atoms with Gasteiger partial charge in [-0.15, -0.1) is 0 Å². The fourth-order valence-corrected chi connectivity index (χ4v) is 2.01. The largest absolute Gasteiger partial charge is 0.482 e. The van der Waals surface area contributed by atoms with Gasteiger partial charge >= 0.3 is 0 Å². The van der Waals surface area contributed by atoms with Crippen molar-refractivity contribution in [1.29, 1.82) is 0 Å². The Kier molecular flexibility index (Phi) is 5.78. The average molecular weight is 357 g/mol. The van der Waals surface area contributed by atoms with Crippen molar-refractivity contribution >= 4 is 35.0 Å². The Labute approximate surface area is 141 Å². The summed E-state index contributed by atoms with van der Waals surface area (Å²) < 4.78 is 18.0. The molecule has 0 spiro atoms. The molecule has 2 N–H and O–H groups in total. The maximum atomic E-state index is 12.9. The van der Waals surface area contributed by atoms with Gasteiger partial charge < -0.3 is 4.74 Å². The minimum Gasteiger partial charge on any atom is -0.482 e. The zero-order valence-electron chi connectivity index (χ0n) is 11.6. The number of nitrogens with one attached hydrogen (secondary N) is 2. The number of hydrazine groups is 1. The number of halogens is 3. The lowest BCUT2D eigenvalue weighted by Crippen LogP contribution is -2.43. The summed E-state index contributed by atoms with van der Waals surface area (Å²) in [6.07, 6.45) is 0. The molecule has 2 amide bonds. The number of carbonyl (C=O) groups is 2. The molecule has 0 radical (unpaired) electrons. The van der Waals surface area contributed by atoms with E-state index in [1.807, 2.05) is 0 Å². The average Bonchev–Trinajstić information content (AvgIpc) is 2.51. The van der Waals surface area contributed by atoms with Crippen LogP contribution in [-0.2, 0) is 4.79 Å². The monoisotopic (exact) mass is 356 g/mol. The van der Waals surface area contributed by atoms with E-state index >= 15 is 0 Å². The molecule has 0 aromatic heterocycles. The first-order valence-corrected chi connectivity index (χ1v) is 7.14. The van der Waals surface area contributed by atoms with Gasteiger partial charge in [-0.25, -0.2) is 4.39 Å². The number of carbonyl (C=O) groups excluding carboxylic acids is 2. The molecule has 0 unspecified atom stereocenters. The van der Waals surface area contributed by atoms with Gasteiger partial charge in [-0.2, -0.15) is 0 Å². The zero-order chi connectivity index (χ0) is 16.8. The molecule has 0 aliphatic carbocycles. The third-order valence-electron chi connectivity index (χ3n) is 2.65. The van der Waals surface area contributed by atoms with Gasteiger partial charge in [0.2, 0.25) is 0 Å². The molecule has 23 heavy (non-hydrogen) atoms. The van der Waals surface area contributed by atoms with Crippen molar-refractivity contribution in [1.82, 2.24) is 10.9 Å². The Bertz CT molecular complexity index is 740. The van der Waals surface area contributed by atoms with E-state index in [1.54, 1.807) is 18.2 Å². The normalized spacial score (nSPS) is 10.0. The highest BCUT2D eigenvalue weighted by molar-refractivity contribution is 6.32. The topological polar surface area (TPSA) is 67.4 Å². The van der Waals surface area contributed by atoms with Crippen molar-refractivity contribution in [3.8, 4) is 5.75 Å². The van der Waals surface area contributed by atoms with Gasteiger partial charge in [-0.1, -0.05) is 29.3 Å². The molecule has 120 valence electrons. The highest BCUT2D eigenvalue weighted by atomic mass is 35.5. The van der Waals surface area contributed by atoms with Crippen LogP contribution in [0.25, 0.3) is 0 Å². The summed E-state index contributed by atoms with van der Waals surface area (Å²) >= 11 is 11.5. The third kappa shape index (κ3) is 5.12. The lowest BCUT2D eigenvalue weighted by Gasteiger charge is -2.10. The summed E-state index contributed by atoms with van der Waals surface area (Å²) in [6, 6.07) is 9.75. The summed E-state index contributed by atoms with van der Waals surface area (Å²) in [4.78, 5) is 23.4. The highest BCUT2D eigenvalue weighted by Gasteiger charge is 2.09. The van der Waals surface area contributed by atoms with Gasteiger partial charge in [0.05, 0.1) is 5.02 Å². The maximum absolute atomic E-state index is 12.9. The van der Waals surface area contributed by atoms with E-state index in [2.05, 4.69) is 10.9 Å². The highest BCUT2D eigenvalue weighted by Crippen LogP contribution is 2.24. The molecule has 8 heteroatoms. The molecule has 0 saturated carbocycles. The molecule has 0 saturated heterocycles. The van der Waals surface area contributed by atoms with E-state index in [0.717, 1.165) is 12.1 Å². The molecule has 0 heterocycles. The number of ether oxygens (including phenoxy) is 1. The first kappa shape index (κ1) is 17.1. The first-order chi connectivity index (χ1) is 11.0. The quantitative estimate of drug-likeness (QED) is 0.827. The molecular weight excluding hydrogens is 346 g/mol. The Balaban J connectivity index is 1.82. The predicted octanol–water partition coefficient (Wildman–Crippen LogP) is 2.97. The van der Waals surface area contributed by atoms with Crippen LogP contribution in [0.4, 0.5) is 4.39 Å². The standard InChI is InChI=1S/C15H11Cl2FN2O3/c16-10-3-1-2-9(6-10)15(22)20-19-14(21)8-23-13-5-4-11(18)7-12(13)17/h1-7H,8H2,(H,19,21)(H,20,22). The molecule has 2 aromatic rings. The van der Waals surface area contributed by atoms with Gasteiger partial charge in [0.25, 0.3) is 11.8 Å². The number of hydrogen-bond donors (Lipinski definition) is 2. The van der Waals surface area contributed by atoms with Crippen LogP contribution in [0.1, 0.15) is 10.4 Å². The minimum absolute atomic E-state index is 0.0424. The number of amides is 2. The van der Waals surface area contributed by atoms with Crippen molar-refractivity contribution < 1.29 is 18.7 Å². The van der Waals surface area contributed by atoms with Crippen LogP contribution in [0.15, 0.2) is 42.5 Å². The van der Waals surface area contributed by atoms with Crippen molar-refractivity contribution in [2.45, 2.75) is 0 Å². The Hall–Kier alpha value is -2.31. The smallest absolute Gasteiger partial charge is 0.276 e. The van der Waals surface area contributed by atoms with Gasteiger partial charge in [0.15, 0.2) is 6.61 Å². The zero-order valence-corrected chi connectivity index (χ0v) is 13.1. The maximum Gasteiger partial charge on any atom is 0.276 e. The van der Waals surface area contributed by atoms with E-state index < -0.39 is 24.2 Å². The van der Waals surface area contributed by atoms with Crippen molar-refractivity contribution in [2.24, 2.45) is 0 Å². The van der Waals surface area contributed by atoms with Crippen molar-refractivity contribution in [3.63, 3.8) is 0 Å². The molecule has 0 atom stereocenters. The molecule has 0 bridgehead atoms. The fourth-order valence-electron chi connectivity index (χ4n) is 1.60. The first-order valence-electron chi connectivity index (χ1n) is 6.38. The minimum atomic E-state index is -0.610. The number of hydrogen-bond acceptors (Lipinski definition) is 3. The summed E-state index contributed by atoms with van der Waals surface area (Å²) in [6.45, 7) is -0.402. The van der Waals surface area contributed by atoms with Crippen LogP contribution < -0.4 is 15.6 Å². The number of benzene rings is 2. The van der Waals surface area contributed by atoms with E-state index in [-0.39, 0.29) is 10.8 Å². The van der Waals surface area contributed by atoms with Crippen LogP contribution in [0.3, 0.4) is 0 Å². The lowest BCUT2D eigenvalue weighted by atomic mass is 10.2. The van der Waals surface area contributed by atoms with Gasteiger partial charge in [0.1, 0.15) is 11.6 Å². The van der Waals surface area contributed by atoms with Crippen LogP contribution in [0.2, 0.25) is 10.0 Å². The fraction of sp³-hybridized carbons (Fsp3) is 0.0667. The molecule has 2 rings (SSSR count). The Morgan fingerprint density at radius 3 is 2.57 bits per heavy atom. The molecule has 0 aliphatic heterocycles. The Morgan fingerprint density at radius 2 is 1.87 bits per heavy atom. The third-order valence-corrected chi connectivity index (χ3v) is 3.19. The van der Waals surface area contributed by atoms with Crippen LogP contribution >= 0.6 is 23.2 Å². The second-order valence-electron chi connectivity index (χ2n) is 4.38. The van der Waals surface area contributed by atoms with Gasteiger partial charge in [0, 0.05) is 10.6 Å². The van der Waals surface area contributed by atoms with E-state index in [0.29, 0.717) is 10.6 Å². The molecule has 2 aromatic carbocycles.